The largest absolute Gasteiger partial charge is 0.350 e. The molecule has 3 fully saturated rings. The summed E-state index contributed by atoms with van der Waals surface area (Å²) in [5.74, 6) is 0.0599. The lowest BCUT2D eigenvalue weighted by Gasteiger charge is -2.38. The van der Waals surface area contributed by atoms with Gasteiger partial charge in [0.2, 0.25) is 17.7 Å². The SMILES string of the molecule is CC(C)[C@H]1NC(=O)[C@@H]2[C@@H](NC(=O)C3CCCC3)CCN2C1=O. The molecule has 2 saturated heterocycles. The first-order valence-electron chi connectivity index (χ1n) is 8.40. The quantitative estimate of drug-likeness (QED) is 0.793. The number of hydrogen-bond donors (Lipinski definition) is 2. The zero-order chi connectivity index (χ0) is 15.9. The first kappa shape index (κ1) is 15.3. The molecule has 0 radical (unpaired) electrons. The smallest absolute Gasteiger partial charge is 0.246 e. The molecule has 1 saturated carbocycles. The summed E-state index contributed by atoms with van der Waals surface area (Å²) in [5.41, 5.74) is 0. The van der Waals surface area contributed by atoms with Gasteiger partial charge in [0.25, 0.3) is 0 Å². The van der Waals surface area contributed by atoms with Crippen molar-refractivity contribution >= 4 is 17.7 Å². The van der Waals surface area contributed by atoms with E-state index in [-0.39, 0.29) is 35.6 Å². The number of amides is 3. The number of hydrogen-bond acceptors (Lipinski definition) is 3. The number of carbonyl (C=O) groups is 3. The summed E-state index contributed by atoms with van der Waals surface area (Å²) < 4.78 is 0. The molecule has 2 heterocycles. The van der Waals surface area contributed by atoms with E-state index in [1.165, 1.54) is 0 Å². The Morgan fingerprint density at radius 1 is 1.23 bits per heavy atom. The molecule has 3 rings (SSSR count). The number of nitrogens with zero attached hydrogens (tertiary/aromatic N) is 1. The van der Waals surface area contributed by atoms with Gasteiger partial charge >= 0.3 is 0 Å². The van der Waals surface area contributed by atoms with E-state index in [0.29, 0.717) is 13.0 Å². The summed E-state index contributed by atoms with van der Waals surface area (Å²) in [6, 6.07) is -1.22. The molecule has 0 spiro atoms. The van der Waals surface area contributed by atoms with Crippen LogP contribution in [0.3, 0.4) is 0 Å². The van der Waals surface area contributed by atoms with Crippen LogP contribution < -0.4 is 10.6 Å². The van der Waals surface area contributed by atoms with Gasteiger partial charge in [-0.1, -0.05) is 26.7 Å². The van der Waals surface area contributed by atoms with E-state index in [2.05, 4.69) is 10.6 Å². The molecule has 6 nitrogen and oxygen atoms in total. The summed E-state index contributed by atoms with van der Waals surface area (Å²) in [7, 11) is 0. The van der Waals surface area contributed by atoms with E-state index < -0.39 is 12.1 Å². The highest BCUT2D eigenvalue weighted by atomic mass is 16.2. The Kier molecular flexibility index (Phi) is 4.10. The lowest BCUT2D eigenvalue weighted by molar-refractivity contribution is -0.149. The van der Waals surface area contributed by atoms with E-state index in [9.17, 15) is 14.4 Å². The molecule has 0 aromatic carbocycles. The highest BCUT2D eigenvalue weighted by molar-refractivity contribution is 5.98. The average Bonchev–Trinajstić information content (AvgIpc) is 3.12. The minimum Gasteiger partial charge on any atom is -0.350 e. The second kappa shape index (κ2) is 5.89. The standard InChI is InChI=1S/C16H25N3O3/c1-9(2)12-16(22)19-8-7-11(13(19)15(21)18-12)17-14(20)10-5-3-4-6-10/h9-13H,3-8H2,1-2H3,(H,17,20)(H,18,21)/t11-,12+,13-/m0/s1. The van der Waals surface area contributed by atoms with Crippen molar-refractivity contribution in [2.45, 2.75) is 64.1 Å². The number of rotatable bonds is 3. The maximum Gasteiger partial charge on any atom is 0.246 e. The summed E-state index contributed by atoms with van der Waals surface area (Å²) >= 11 is 0. The topological polar surface area (TPSA) is 78.5 Å². The van der Waals surface area contributed by atoms with Gasteiger partial charge in [-0.2, -0.15) is 0 Å². The van der Waals surface area contributed by atoms with Crippen LogP contribution >= 0.6 is 0 Å². The summed E-state index contributed by atoms with van der Waals surface area (Å²) in [6.45, 7) is 4.41. The van der Waals surface area contributed by atoms with Crippen LogP contribution in [0.1, 0.15) is 46.0 Å². The zero-order valence-corrected chi connectivity index (χ0v) is 13.3. The van der Waals surface area contributed by atoms with Gasteiger partial charge in [0.1, 0.15) is 12.1 Å². The fourth-order valence-electron chi connectivity index (χ4n) is 3.93. The molecule has 0 aromatic heterocycles. The third kappa shape index (κ3) is 2.59. The van der Waals surface area contributed by atoms with Gasteiger partial charge in [-0.15, -0.1) is 0 Å². The Labute approximate surface area is 131 Å². The van der Waals surface area contributed by atoms with E-state index in [0.717, 1.165) is 25.7 Å². The molecular weight excluding hydrogens is 282 g/mol. The van der Waals surface area contributed by atoms with E-state index in [1.807, 2.05) is 13.8 Å². The van der Waals surface area contributed by atoms with Crippen molar-refractivity contribution in [2.75, 3.05) is 6.54 Å². The van der Waals surface area contributed by atoms with Crippen LogP contribution in [-0.2, 0) is 14.4 Å². The van der Waals surface area contributed by atoms with E-state index >= 15 is 0 Å². The van der Waals surface area contributed by atoms with Crippen molar-refractivity contribution in [3.63, 3.8) is 0 Å². The molecule has 2 N–H and O–H groups in total. The van der Waals surface area contributed by atoms with Crippen LogP contribution in [0.2, 0.25) is 0 Å². The van der Waals surface area contributed by atoms with Crippen LogP contribution in [0.15, 0.2) is 0 Å². The Balaban J connectivity index is 1.68. The number of carbonyl (C=O) groups excluding carboxylic acids is 3. The Hall–Kier alpha value is -1.59. The van der Waals surface area contributed by atoms with Gasteiger partial charge < -0.3 is 15.5 Å². The molecule has 22 heavy (non-hydrogen) atoms. The van der Waals surface area contributed by atoms with Crippen molar-refractivity contribution in [3.8, 4) is 0 Å². The fourth-order valence-corrected chi connectivity index (χ4v) is 3.93. The predicted molar refractivity (Wildman–Crippen MR) is 80.8 cm³/mol. The zero-order valence-electron chi connectivity index (χ0n) is 13.3. The van der Waals surface area contributed by atoms with Gasteiger partial charge in [0, 0.05) is 12.5 Å². The van der Waals surface area contributed by atoms with Crippen molar-refractivity contribution in [1.82, 2.24) is 15.5 Å². The van der Waals surface area contributed by atoms with Gasteiger partial charge in [-0.05, 0) is 25.2 Å². The predicted octanol–water partition coefficient (Wildman–Crippen LogP) is 0.417. The van der Waals surface area contributed by atoms with Crippen LogP contribution in [0, 0.1) is 11.8 Å². The van der Waals surface area contributed by atoms with Crippen LogP contribution in [0.4, 0.5) is 0 Å². The molecule has 0 unspecified atom stereocenters. The fraction of sp³-hybridized carbons (Fsp3) is 0.812. The lowest BCUT2D eigenvalue weighted by Crippen LogP contribution is -2.66. The van der Waals surface area contributed by atoms with Gasteiger partial charge in [0.05, 0.1) is 6.04 Å². The maximum atomic E-state index is 12.5. The first-order chi connectivity index (χ1) is 10.5. The molecule has 0 bridgehead atoms. The third-order valence-corrected chi connectivity index (χ3v) is 5.23. The van der Waals surface area contributed by atoms with E-state index in [4.69, 9.17) is 0 Å². The minimum atomic E-state index is -0.534. The minimum absolute atomic E-state index is 0.0165. The second-order valence-electron chi connectivity index (χ2n) is 7.09. The number of fused-ring (bicyclic) bond motifs is 1. The van der Waals surface area contributed by atoms with Gasteiger partial charge in [0.15, 0.2) is 0 Å². The highest BCUT2D eigenvalue weighted by Gasteiger charge is 2.49. The molecule has 3 amide bonds. The van der Waals surface area contributed by atoms with Crippen LogP contribution in [0.25, 0.3) is 0 Å². The van der Waals surface area contributed by atoms with Crippen molar-refractivity contribution in [2.24, 2.45) is 11.8 Å². The normalized spacial score (nSPS) is 32.3. The Bertz CT molecular complexity index is 485. The molecule has 1 aliphatic carbocycles. The Morgan fingerprint density at radius 2 is 1.91 bits per heavy atom. The maximum absolute atomic E-state index is 12.5. The molecule has 3 atom stereocenters. The average molecular weight is 307 g/mol. The van der Waals surface area contributed by atoms with Crippen molar-refractivity contribution < 1.29 is 14.4 Å². The molecular formula is C16H25N3O3. The summed E-state index contributed by atoms with van der Waals surface area (Å²) in [4.78, 5) is 38.8. The summed E-state index contributed by atoms with van der Waals surface area (Å²) in [5, 5.41) is 5.85. The van der Waals surface area contributed by atoms with Crippen molar-refractivity contribution in [3.05, 3.63) is 0 Å². The van der Waals surface area contributed by atoms with E-state index in [1.54, 1.807) is 4.90 Å². The summed E-state index contributed by atoms with van der Waals surface area (Å²) in [6.07, 6.45) is 4.74. The highest BCUT2D eigenvalue weighted by Crippen LogP contribution is 2.28. The van der Waals surface area contributed by atoms with Gasteiger partial charge in [-0.3, -0.25) is 14.4 Å². The lowest BCUT2D eigenvalue weighted by atomic mass is 9.97. The number of nitrogens with one attached hydrogen (secondary N) is 2. The second-order valence-corrected chi connectivity index (χ2v) is 7.09. The third-order valence-electron chi connectivity index (χ3n) is 5.23. The monoisotopic (exact) mass is 307 g/mol. The van der Waals surface area contributed by atoms with Crippen molar-refractivity contribution in [1.29, 1.82) is 0 Å². The molecule has 6 heteroatoms. The molecule has 0 aromatic rings. The van der Waals surface area contributed by atoms with Crippen LogP contribution in [-0.4, -0.2) is 47.3 Å². The first-order valence-corrected chi connectivity index (χ1v) is 8.40. The molecule has 122 valence electrons. The molecule has 2 aliphatic heterocycles. The van der Waals surface area contributed by atoms with Gasteiger partial charge in [-0.25, -0.2) is 0 Å². The van der Waals surface area contributed by atoms with Crippen LogP contribution in [0.5, 0.6) is 0 Å². The Morgan fingerprint density at radius 3 is 2.55 bits per heavy atom. The number of piperazine rings is 1. The molecule has 3 aliphatic rings.